The zero-order valence-corrected chi connectivity index (χ0v) is 14.6. The van der Waals surface area contributed by atoms with E-state index in [2.05, 4.69) is 11.0 Å². The second kappa shape index (κ2) is 6.89. The van der Waals surface area contributed by atoms with Crippen molar-refractivity contribution in [3.8, 4) is 16.9 Å². The van der Waals surface area contributed by atoms with E-state index in [4.69, 9.17) is 4.74 Å². The Bertz CT molecular complexity index is 757. The molecule has 130 valence electrons. The van der Waals surface area contributed by atoms with E-state index >= 15 is 0 Å². The Morgan fingerprint density at radius 3 is 2.68 bits per heavy atom. The second-order valence-corrected chi connectivity index (χ2v) is 6.89. The first-order chi connectivity index (χ1) is 12.2. The minimum Gasteiger partial charge on any atom is -0.497 e. The third-order valence-corrected chi connectivity index (χ3v) is 5.41. The SMILES string of the molecule is COc1cccc(-c2ccc(C(=O)N3CCN4CCCC4C3)cc2)c1. The maximum Gasteiger partial charge on any atom is 0.253 e. The normalized spacial score (nSPS) is 20.4. The number of amides is 1. The molecular formula is C21H24N2O2. The van der Waals surface area contributed by atoms with Crippen LogP contribution < -0.4 is 4.74 Å². The van der Waals surface area contributed by atoms with Crippen molar-refractivity contribution in [2.75, 3.05) is 33.3 Å². The summed E-state index contributed by atoms with van der Waals surface area (Å²) in [6, 6.07) is 16.5. The molecule has 0 aromatic heterocycles. The van der Waals surface area contributed by atoms with Crippen LogP contribution in [0.25, 0.3) is 11.1 Å². The summed E-state index contributed by atoms with van der Waals surface area (Å²) in [7, 11) is 1.67. The molecule has 0 saturated carbocycles. The van der Waals surface area contributed by atoms with E-state index in [0.717, 1.165) is 42.1 Å². The fraction of sp³-hybridized carbons (Fsp3) is 0.381. The summed E-state index contributed by atoms with van der Waals surface area (Å²) >= 11 is 0. The molecule has 0 aliphatic carbocycles. The van der Waals surface area contributed by atoms with Crippen molar-refractivity contribution >= 4 is 5.91 Å². The number of hydrogen-bond acceptors (Lipinski definition) is 3. The van der Waals surface area contributed by atoms with Crippen LogP contribution >= 0.6 is 0 Å². The highest BCUT2D eigenvalue weighted by molar-refractivity contribution is 5.94. The van der Waals surface area contributed by atoms with Crippen LogP contribution in [0.5, 0.6) is 5.75 Å². The summed E-state index contributed by atoms with van der Waals surface area (Å²) in [6.45, 7) is 3.92. The summed E-state index contributed by atoms with van der Waals surface area (Å²) in [5.41, 5.74) is 2.96. The van der Waals surface area contributed by atoms with Crippen molar-refractivity contribution in [3.05, 3.63) is 54.1 Å². The number of carbonyl (C=O) groups excluding carboxylic acids is 1. The first-order valence-electron chi connectivity index (χ1n) is 9.02. The van der Waals surface area contributed by atoms with E-state index in [9.17, 15) is 4.79 Å². The summed E-state index contributed by atoms with van der Waals surface area (Å²) in [6.07, 6.45) is 2.49. The van der Waals surface area contributed by atoms with E-state index in [1.54, 1.807) is 7.11 Å². The number of piperazine rings is 1. The predicted molar refractivity (Wildman–Crippen MR) is 98.9 cm³/mol. The van der Waals surface area contributed by atoms with Gasteiger partial charge in [0, 0.05) is 31.2 Å². The molecule has 2 fully saturated rings. The fourth-order valence-corrected chi connectivity index (χ4v) is 3.97. The maximum atomic E-state index is 12.8. The number of rotatable bonds is 3. The minimum absolute atomic E-state index is 0.156. The average Bonchev–Trinajstić information content (AvgIpc) is 3.15. The molecule has 0 spiro atoms. The number of methoxy groups -OCH3 is 1. The lowest BCUT2D eigenvalue weighted by atomic mass is 10.0. The van der Waals surface area contributed by atoms with Gasteiger partial charge >= 0.3 is 0 Å². The highest BCUT2D eigenvalue weighted by Gasteiger charge is 2.32. The van der Waals surface area contributed by atoms with Crippen molar-refractivity contribution in [2.24, 2.45) is 0 Å². The van der Waals surface area contributed by atoms with Gasteiger partial charge in [-0.15, -0.1) is 0 Å². The topological polar surface area (TPSA) is 32.8 Å². The van der Waals surface area contributed by atoms with Gasteiger partial charge in [0.2, 0.25) is 0 Å². The number of hydrogen-bond donors (Lipinski definition) is 0. The van der Waals surface area contributed by atoms with Crippen molar-refractivity contribution in [1.82, 2.24) is 9.80 Å². The Kier molecular flexibility index (Phi) is 4.45. The largest absolute Gasteiger partial charge is 0.497 e. The molecule has 4 nitrogen and oxygen atoms in total. The molecule has 0 N–H and O–H groups in total. The Balaban J connectivity index is 1.48. The van der Waals surface area contributed by atoms with E-state index < -0.39 is 0 Å². The van der Waals surface area contributed by atoms with E-state index in [-0.39, 0.29) is 5.91 Å². The van der Waals surface area contributed by atoms with Gasteiger partial charge in [-0.25, -0.2) is 0 Å². The molecule has 1 amide bonds. The summed E-state index contributed by atoms with van der Waals surface area (Å²) < 4.78 is 5.29. The first-order valence-corrected chi connectivity index (χ1v) is 9.02. The molecule has 2 aliphatic heterocycles. The van der Waals surface area contributed by atoms with E-state index in [1.165, 1.54) is 19.4 Å². The van der Waals surface area contributed by atoms with Crippen molar-refractivity contribution in [2.45, 2.75) is 18.9 Å². The van der Waals surface area contributed by atoms with Crippen LogP contribution in [0.2, 0.25) is 0 Å². The highest BCUT2D eigenvalue weighted by Crippen LogP contribution is 2.25. The van der Waals surface area contributed by atoms with Crippen molar-refractivity contribution in [3.63, 3.8) is 0 Å². The highest BCUT2D eigenvalue weighted by atomic mass is 16.5. The second-order valence-electron chi connectivity index (χ2n) is 6.89. The number of fused-ring (bicyclic) bond motifs is 1. The van der Waals surface area contributed by atoms with Crippen LogP contribution in [-0.2, 0) is 0 Å². The lowest BCUT2D eigenvalue weighted by molar-refractivity contribution is 0.0571. The first kappa shape index (κ1) is 16.2. The standard InChI is InChI=1S/C21H24N2O2/c1-25-20-6-2-4-18(14-20)16-7-9-17(10-8-16)21(24)23-13-12-22-11-3-5-19(22)15-23/h2,4,6-10,14,19H,3,5,11-13,15H2,1H3. The number of carbonyl (C=O) groups is 1. The van der Waals surface area contributed by atoms with Crippen LogP contribution in [0.1, 0.15) is 23.2 Å². The van der Waals surface area contributed by atoms with E-state index in [1.807, 2.05) is 47.4 Å². The number of nitrogens with zero attached hydrogens (tertiary/aromatic N) is 2. The van der Waals surface area contributed by atoms with Crippen molar-refractivity contribution < 1.29 is 9.53 Å². The number of benzene rings is 2. The zero-order valence-electron chi connectivity index (χ0n) is 14.6. The van der Waals surface area contributed by atoms with Crippen LogP contribution in [0.3, 0.4) is 0 Å². The molecule has 2 aromatic rings. The van der Waals surface area contributed by atoms with Gasteiger partial charge in [0.1, 0.15) is 5.75 Å². The van der Waals surface area contributed by atoms with Gasteiger partial charge in [-0.05, 0) is 54.8 Å². The minimum atomic E-state index is 0.156. The van der Waals surface area contributed by atoms with Crippen LogP contribution in [0.4, 0.5) is 0 Å². The van der Waals surface area contributed by atoms with Crippen LogP contribution in [-0.4, -0.2) is 55.0 Å². The molecule has 2 aromatic carbocycles. The van der Waals surface area contributed by atoms with E-state index in [0.29, 0.717) is 6.04 Å². The third kappa shape index (κ3) is 3.27. The van der Waals surface area contributed by atoms with Gasteiger partial charge in [-0.3, -0.25) is 9.69 Å². The molecule has 2 saturated heterocycles. The molecule has 2 aliphatic rings. The maximum absolute atomic E-state index is 12.8. The Hall–Kier alpha value is -2.33. The molecule has 4 rings (SSSR count). The molecule has 0 bridgehead atoms. The van der Waals surface area contributed by atoms with Gasteiger partial charge in [-0.2, -0.15) is 0 Å². The fourth-order valence-electron chi connectivity index (χ4n) is 3.97. The molecule has 0 radical (unpaired) electrons. The van der Waals surface area contributed by atoms with Crippen LogP contribution in [0.15, 0.2) is 48.5 Å². The molecule has 25 heavy (non-hydrogen) atoms. The molecule has 4 heteroatoms. The zero-order chi connectivity index (χ0) is 17.2. The lowest BCUT2D eigenvalue weighted by Gasteiger charge is -2.37. The molecule has 2 heterocycles. The Morgan fingerprint density at radius 1 is 1.04 bits per heavy atom. The van der Waals surface area contributed by atoms with Gasteiger partial charge < -0.3 is 9.64 Å². The van der Waals surface area contributed by atoms with Gasteiger partial charge in [0.25, 0.3) is 5.91 Å². The average molecular weight is 336 g/mol. The number of ether oxygens (including phenoxy) is 1. The molecule has 1 unspecified atom stereocenters. The monoisotopic (exact) mass is 336 g/mol. The third-order valence-electron chi connectivity index (χ3n) is 5.41. The van der Waals surface area contributed by atoms with Crippen molar-refractivity contribution in [1.29, 1.82) is 0 Å². The molecule has 1 atom stereocenters. The summed E-state index contributed by atoms with van der Waals surface area (Å²) in [5.74, 6) is 0.996. The summed E-state index contributed by atoms with van der Waals surface area (Å²) in [5, 5.41) is 0. The lowest BCUT2D eigenvalue weighted by Crippen LogP contribution is -2.52. The Labute approximate surface area is 149 Å². The smallest absolute Gasteiger partial charge is 0.253 e. The predicted octanol–water partition coefficient (Wildman–Crippen LogP) is 3.28. The quantitative estimate of drug-likeness (QED) is 0.862. The van der Waals surface area contributed by atoms with Crippen LogP contribution in [0, 0.1) is 0 Å². The van der Waals surface area contributed by atoms with Gasteiger partial charge in [0.15, 0.2) is 0 Å². The Morgan fingerprint density at radius 2 is 1.88 bits per heavy atom. The van der Waals surface area contributed by atoms with Gasteiger partial charge in [-0.1, -0.05) is 24.3 Å². The van der Waals surface area contributed by atoms with Gasteiger partial charge in [0.05, 0.1) is 7.11 Å². The summed E-state index contributed by atoms with van der Waals surface area (Å²) in [4.78, 5) is 17.4. The molecular weight excluding hydrogens is 312 g/mol.